The van der Waals surface area contributed by atoms with Crippen LogP contribution in [0.1, 0.15) is 48.8 Å². The molecule has 1 amide bonds. The van der Waals surface area contributed by atoms with Gasteiger partial charge in [0.1, 0.15) is 0 Å². The number of amides is 1. The maximum Gasteiger partial charge on any atom is 0.252 e. The molecule has 1 aromatic heterocycles. The molecule has 0 saturated heterocycles. The number of carbonyl (C=O) groups excluding carboxylic acids is 1. The standard InChI is InChI=1S/C17H20N2O/c1-17(2,3)19-16(20)15-11-7-4-5-9-13(11)18-14-10-6-8-12(14)15/h4-5,7,9H,6,8,10H2,1-3H3,(H,19,20). The van der Waals surface area contributed by atoms with Crippen LogP contribution in [0.5, 0.6) is 0 Å². The Labute approximate surface area is 119 Å². The molecular weight excluding hydrogens is 248 g/mol. The highest BCUT2D eigenvalue weighted by atomic mass is 16.1. The van der Waals surface area contributed by atoms with Crippen molar-refractivity contribution >= 4 is 16.8 Å². The lowest BCUT2D eigenvalue weighted by Crippen LogP contribution is -2.41. The summed E-state index contributed by atoms with van der Waals surface area (Å²) >= 11 is 0. The number of aromatic nitrogens is 1. The van der Waals surface area contributed by atoms with Crippen LogP contribution in [-0.2, 0) is 12.8 Å². The molecule has 0 bridgehead atoms. The molecule has 0 radical (unpaired) electrons. The number of aryl methyl sites for hydroxylation is 1. The molecule has 0 fully saturated rings. The van der Waals surface area contributed by atoms with Gasteiger partial charge in [0.05, 0.1) is 11.1 Å². The summed E-state index contributed by atoms with van der Waals surface area (Å²) in [6.45, 7) is 6.03. The molecule has 104 valence electrons. The number of nitrogens with zero attached hydrogens (tertiary/aromatic N) is 1. The first-order valence-electron chi connectivity index (χ1n) is 7.19. The predicted molar refractivity (Wildman–Crippen MR) is 81.0 cm³/mol. The van der Waals surface area contributed by atoms with Crippen molar-refractivity contribution in [2.45, 2.75) is 45.6 Å². The van der Waals surface area contributed by atoms with Crippen molar-refractivity contribution in [3.05, 3.63) is 41.1 Å². The summed E-state index contributed by atoms with van der Waals surface area (Å²) < 4.78 is 0. The van der Waals surface area contributed by atoms with Gasteiger partial charge in [-0.2, -0.15) is 0 Å². The highest BCUT2D eigenvalue weighted by Crippen LogP contribution is 2.30. The number of pyridine rings is 1. The number of nitrogens with one attached hydrogen (secondary N) is 1. The average molecular weight is 268 g/mol. The third kappa shape index (κ3) is 2.28. The average Bonchev–Trinajstić information content (AvgIpc) is 2.80. The molecule has 0 atom stereocenters. The zero-order valence-electron chi connectivity index (χ0n) is 12.3. The largest absolute Gasteiger partial charge is 0.347 e. The molecule has 0 spiro atoms. The summed E-state index contributed by atoms with van der Waals surface area (Å²) in [6, 6.07) is 7.93. The van der Waals surface area contributed by atoms with E-state index in [2.05, 4.69) is 5.32 Å². The van der Waals surface area contributed by atoms with E-state index < -0.39 is 0 Å². The summed E-state index contributed by atoms with van der Waals surface area (Å²) in [6.07, 6.45) is 3.03. The first kappa shape index (κ1) is 13.1. The van der Waals surface area contributed by atoms with Gasteiger partial charge in [-0.3, -0.25) is 9.78 Å². The monoisotopic (exact) mass is 268 g/mol. The van der Waals surface area contributed by atoms with E-state index in [0.717, 1.165) is 47.0 Å². The maximum absolute atomic E-state index is 12.7. The molecule has 1 N–H and O–H groups in total. The fourth-order valence-electron chi connectivity index (χ4n) is 2.87. The number of fused-ring (bicyclic) bond motifs is 2. The van der Waals surface area contributed by atoms with Crippen molar-refractivity contribution in [2.75, 3.05) is 0 Å². The molecular formula is C17H20N2O. The molecule has 0 aliphatic heterocycles. The predicted octanol–water partition coefficient (Wildman–Crippen LogP) is 3.25. The minimum Gasteiger partial charge on any atom is -0.347 e. The van der Waals surface area contributed by atoms with Crippen LogP contribution in [-0.4, -0.2) is 16.4 Å². The Bertz CT molecular complexity index is 683. The smallest absolute Gasteiger partial charge is 0.252 e. The van der Waals surface area contributed by atoms with Gasteiger partial charge in [0, 0.05) is 16.6 Å². The van der Waals surface area contributed by atoms with Crippen molar-refractivity contribution in [3.8, 4) is 0 Å². The molecule has 2 aromatic rings. The van der Waals surface area contributed by atoms with E-state index in [9.17, 15) is 4.79 Å². The number of hydrogen-bond acceptors (Lipinski definition) is 2. The highest BCUT2D eigenvalue weighted by Gasteiger charge is 2.25. The van der Waals surface area contributed by atoms with Crippen molar-refractivity contribution in [1.29, 1.82) is 0 Å². The molecule has 1 aliphatic rings. The molecule has 20 heavy (non-hydrogen) atoms. The van der Waals surface area contributed by atoms with Gasteiger partial charge < -0.3 is 5.32 Å². The van der Waals surface area contributed by atoms with E-state index in [0.29, 0.717) is 0 Å². The zero-order valence-corrected chi connectivity index (χ0v) is 12.3. The second-order valence-corrected chi connectivity index (χ2v) is 6.49. The van der Waals surface area contributed by atoms with Gasteiger partial charge in [-0.05, 0) is 51.7 Å². The van der Waals surface area contributed by atoms with Crippen LogP contribution in [0.4, 0.5) is 0 Å². The van der Waals surface area contributed by atoms with Crippen molar-refractivity contribution in [1.82, 2.24) is 10.3 Å². The minimum absolute atomic E-state index is 0.0225. The molecule has 0 saturated carbocycles. The summed E-state index contributed by atoms with van der Waals surface area (Å²) in [5.41, 5.74) is 3.77. The molecule has 1 aromatic carbocycles. The van der Waals surface area contributed by atoms with Gasteiger partial charge in [0.2, 0.25) is 0 Å². The summed E-state index contributed by atoms with van der Waals surface area (Å²) in [7, 11) is 0. The Hall–Kier alpha value is -1.90. The normalized spacial score (nSPS) is 14.3. The molecule has 1 aliphatic carbocycles. The number of rotatable bonds is 1. The third-order valence-corrected chi connectivity index (χ3v) is 3.63. The summed E-state index contributed by atoms with van der Waals surface area (Å²) in [5, 5.41) is 4.06. The quantitative estimate of drug-likeness (QED) is 0.862. The fraction of sp³-hybridized carbons (Fsp3) is 0.412. The van der Waals surface area contributed by atoms with Crippen LogP contribution in [0.2, 0.25) is 0 Å². The molecule has 3 rings (SSSR count). The van der Waals surface area contributed by atoms with Crippen LogP contribution in [0, 0.1) is 0 Å². The lowest BCUT2D eigenvalue weighted by atomic mass is 9.99. The van der Waals surface area contributed by atoms with Crippen molar-refractivity contribution in [3.63, 3.8) is 0 Å². The Kier molecular flexibility index (Phi) is 3.00. The molecule has 1 heterocycles. The fourth-order valence-corrected chi connectivity index (χ4v) is 2.87. The van der Waals surface area contributed by atoms with E-state index in [1.807, 2.05) is 45.0 Å². The van der Waals surface area contributed by atoms with Crippen LogP contribution in [0.25, 0.3) is 10.9 Å². The van der Waals surface area contributed by atoms with E-state index >= 15 is 0 Å². The van der Waals surface area contributed by atoms with Crippen LogP contribution >= 0.6 is 0 Å². The first-order valence-corrected chi connectivity index (χ1v) is 7.19. The number of hydrogen-bond donors (Lipinski definition) is 1. The van der Waals surface area contributed by atoms with E-state index in [-0.39, 0.29) is 11.4 Å². The van der Waals surface area contributed by atoms with Crippen LogP contribution in [0.3, 0.4) is 0 Å². The van der Waals surface area contributed by atoms with Gasteiger partial charge in [0.25, 0.3) is 5.91 Å². The maximum atomic E-state index is 12.7. The lowest BCUT2D eigenvalue weighted by Gasteiger charge is -2.22. The van der Waals surface area contributed by atoms with Crippen molar-refractivity contribution < 1.29 is 4.79 Å². The SMILES string of the molecule is CC(C)(C)NC(=O)c1c2c(nc3ccccc13)CCC2. The minimum atomic E-state index is -0.229. The Morgan fingerprint density at radius 1 is 1.20 bits per heavy atom. The Morgan fingerprint density at radius 3 is 2.70 bits per heavy atom. The van der Waals surface area contributed by atoms with E-state index in [1.165, 1.54) is 0 Å². The van der Waals surface area contributed by atoms with Gasteiger partial charge in [-0.25, -0.2) is 0 Å². The van der Waals surface area contributed by atoms with Gasteiger partial charge in [-0.15, -0.1) is 0 Å². The zero-order chi connectivity index (χ0) is 14.3. The number of carbonyl (C=O) groups is 1. The van der Waals surface area contributed by atoms with E-state index in [1.54, 1.807) is 0 Å². The Morgan fingerprint density at radius 2 is 1.95 bits per heavy atom. The first-order chi connectivity index (χ1) is 9.46. The van der Waals surface area contributed by atoms with Gasteiger partial charge >= 0.3 is 0 Å². The Balaban J connectivity index is 2.20. The molecule has 3 heteroatoms. The van der Waals surface area contributed by atoms with E-state index in [4.69, 9.17) is 4.98 Å². The molecule has 3 nitrogen and oxygen atoms in total. The highest BCUT2D eigenvalue weighted by molar-refractivity contribution is 6.08. The second kappa shape index (κ2) is 4.58. The summed E-state index contributed by atoms with van der Waals surface area (Å²) in [4.78, 5) is 17.4. The third-order valence-electron chi connectivity index (χ3n) is 3.63. The van der Waals surface area contributed by atoms with Gasteiger partial charge in [0.15, 0.2) is 0 Å². The number of para-hydroxylation sites is 1. The van der Waals surface area contributed by atoms with Crippen LogP contribution in [0.15, 0.2) is 24.3 Å². The van der Waals surface area contributed by atoms with Crippen LogP contribution < -0.4 is 5.32 Å². The summed E-state index contributed by atoms with van der Waals surface area (Å²) in [5.74, 6) is 0.0225. The lowest BCUT2D eigenvalue weighted by molar-refractivity contribution is 0.0920. The molecule has 0 unspecified atom stereocenters. The number of benzene rings is 1. The second-order valence-electron chi connectivity index (χ2n) is 6.49. The topological polar surface area (TPSA) is 42.0 Å². The van der Waals surface area contributed by atoms with Gasteiger partial charge in [-0.1, -0.05) is 18.2 Å². The van der Waals surface area contributed by atoms with Crippen molar-refractivity contribution in [2.24, 2.45) is 0 Å².